The third kappa shape index (κ3) is 3.50. The van der Waals surface area contributed by atoms with Gasteiger partial charge in [0.05, 0.1) is 11.0 Å². The molecule has 1 saturated heterocycles. The fourth-order valence-electron chi connectivity index (χ4n) is 2.12. The normalized spacial score (nSPS) is 19.4. The minimum absolute atomic E-state index is 0.0584. The van der Waals surface area contributed by atoms with E-state index in [4.69, 9.17) is 0 Å². The largest absolute Gasteiger partial charge is 0.391 e. The Morgan fingerprint density at radius 2 is 2.42 bits per heavy atom. The molecule has 1 aromatic rings. The summed E-state index contributed by atoms with van der Waals surface area (Å²) in [4.78, 5) is 23.5. The van der Waals surface area contributed by atoms with Crippen molar-refractivity contribution in [3.8, 4) is 0 Å². The van der Waals surface area contributed by atoms with Gasteiger partial charge in [-0.15, -0.1) is 0 Å². The van der Waals surface area contributed by atoms with E-state index in [9.17, 15) is 20.0 Å². The van der Waals surface area contributed by atoms with Crippen LogP contribution in [0.4, 0.5) is 5.69 Å². The van der Waals surface area contributed by atoms with Crippen LogP contribution in [0.1, 0.15) is 19.3 Å². The van der Waals surface area contributed by atoms with Crippen LogP contribution in [0.15, 0.2) is 12.4 Å². The molecule has 0 aromatic carbocycles. The highest BCUT2D eigenvalue weighted by atomic mass is 16.6. The first kappa shape index (κ1) is 13.5. The number of aliphatic hydroxyl groups is 1. The molecule has 19 heavy (non-hydrogen) atoms. The SMILES string of the molecule is O=C(CCn1cc([N+](=O)[O-])cn1)N1CCCC(O)C1. The fourth-order valence-corrected chi connectivity index (χ4v) is 2.12. The lowest BCUT2D eigenvalue weighted by molar-refractivity contribution is -0.385. The van der Waals surface area contributed by atoms with Crippen molar-refractivity contribution in [3.63, 3.8) is 0 Å². The summed E-state index contributed by atoms with van der Waals surface area (Å²) in [6.07, 6.45) is 3.79. The molecule has 1 unspecified atom stereocenters. The van der Waals surface area contributed by atoms with Gasteiger partial charge in [-0.05, 0) is 12.8 Å². The van der Waals surface area contributed by atoms with Crippen molar-refractivity contribution in [2.45, 2.75) is 31.9 Å². The number of carbonyl (C=O) groups excluding carboxylic acids is 1. The van der Waals surface area contributed by atoms with Crippen LogP contribution in [-0.2, 0) is 11.3 Å². The molecule has 0 spiro atoms. The third-order valence-corrected chi connectivity index (χ3v) is 3.13. The first-order valence-electron chi connectivity index (χ1n) is 6.19. The molecule has 1 fully saturated rings. The molecule has 0 radical (unpaired) electrons. The molecule has 1 N–H and O–H groups in total. The van der Waals surface area contributed by atoms with Gasteiger partial charge in [-0.1, -0.05) is 0 Å². The summed E-state index contributed by atoms with van der Waals surface area (Å²) in [5.41, 5.74) is -0.0826. The number of carbonyl (C=O) groups is 1. The Balaban J connectivity index is 1.84. The molecule has 0 saturated carbocycles. The van der Waals surface area contributed by atoms with Crippen LogP contribution >= 0.6 is 0 Å². The van der Waals surface area contributed by atoms with E-state index < -0.39 is 11.0 Å². The number of amides is 1. The van der Waals surface area contributed by atoms with Crippen LogP contribution < -0.4 is 0 Å². The quantitative estimate of drug-likeness (QED) is 0.619. The summed E-state index contributed by atoms with van der Waals surface area (Å²) in [5, 5.41) is 23.8. The second-order valence-corrected chi connectivity index (χ2v) is 4.60. The second-order valence-electron chi connectivity index (χ2n) is 4.60. The molecule has 2 heterocycles. The maximum atomic E-state index is 11.9. The molecule has 2 rings (SSSR count). The summed E-state index contributed by atoms with van der Waals surface area (Å²) in [6, 6.07) is 0. The lowest BCUT2D eigenvalue weighted by atomic mass is 10.1. The van der Waals surface area contributed by atoms with E-state index in [0.717, 1.165) is 19.0 Å². The molecular weight excluding hydrogens is 252 g/mol. The van der Waals surface area contributed by atoms with Crippen molar-refractivity contribution in [2.24, 2.45) is 0 Å². The molecule has 1 aliphatic heterocycles. The van der Waals surface area contributed by atoms with Gasteiger partial charge in [0.15, 0.2) is 0 Å². The standard InChI is InChI=1S/C11H16N4O4/c16-10-2-1-4-13(8-10)11(17)3-5-14-7-9(6-12-14)15(18)19/h6-7,10,16H,1-5,8H2. The smallest absolute Gasteiger partial charge is 0.306 e. The fraction of sp³-hybridized carbons (Fsp3) is 0.636. The highest BCUT2D eigenvalue weighted by molar-refractivity contribution is 5.76. The summed E-state index contributed by atoms with van der Waals surface area (Å²) < 4.78 is 1.39. The van der Waals surface area contributed by atoms with Gasteiger partial charge in [0.25, 0.3) is 0 Å². The van der Waals surface area contributed by atoms with Crippen molar-refractivity contribution < 1.29 is 14.8 Å². The molecular formula is C11H16N4O4. The van der Waals surface area contributed by atoms with Crippen molar-refractivity contribution in [1.82, 2.24) is 14.7 Å². The van der Waals surface area contributed by atoms with Crippen molar-refractivity contribution in [3.05, 3.63) is 22.5 Å². The highest BCUT2D eigenvalue weighted by Gasteiger charge is 2.21. The third-order valence-electron chi connectivity index (χ3n) is 3.13. The van der Waals surface area contributed by atoms with Gasteiger partial charge in [-0.25, -0.2) is 0 Å². The van der Waals surface area contributed by atoms with Crippen LogP contribution in [0.2, 0.25) is 0 Å². The topological polar surface area (TPSA) is 102 Å². The minimum Gasteiger partial charge on any atom is -0.391 e. The maximum Gasteiger partial charge on any atom is 0.306 e. The van der Waals surface area contributed by atoms with Crippen molar-refractivity contribution in [1.29, 1.82) is 0 Å². The molecule has 1 amide bonds. The number of nitrogens with zero attached hydrogens (tertiary/aromatic N) is 4. The van der Waals surface area contributed by atoms with E-state index in [2.05, 4.69) is 5.10 Å². The van der Waals surface area contributed by atoms with Crippen molar-refractivity contribution in [2.75, 3.05) is 13.1 Å². The number of aryl methyl sites for hydroxylation is 1. The van der Waals surface area contributed by atoms with Crippen molar-refractivity contribution >= 4 is 11.6 Å². The van der Waals surface area contributed by atoms with Crippen LogP contribution in [0.5, 0.6) is 0 Å². The zero-order valence-electron chi connectivity index (χ0n) is 10.4. The molecule has 104 valence electrons. The van der Waals surface area contributed by atoms with E-state index in [1.54, 1.807) is 4.90 Å². The number of rotatable bonds is 4. The van der Waals surface area contributed by atoms with Gasteiger partial charge in [-0.3, -0.25) is 19.6 Å². The van der Waals surface area contributed by atoms with Crippen LogP contribution in [0, 0.1) is 10.1 Å². The zero-order chi connectivity index (χ0) is 13.8. The van der Waals surface area contributed by atoms with E-state index in [1.165, 1.54) is 10.9 Å². The highest BCUT2D eigenvalue weighted by Crippen LogP contribution is 2.12. The number of aliphatic hydroxyl groups excluding tert-OH is 1. The number of nitro groups is 1. The second kappa shape index (κ2) is 5.79. The van der Waals surface area contributed by atoms with E-state index in [1.807, 2.05) is 0 Å². The predicted octanol–water partition coefficient (Wildman–Crippen LogP) is 0.165. The lowest BCUT2D eigenvalue weighted by Gasteiger charge is -2.30. The molecule has 8 nitrogen and oxygen atoms in total. The van der Waals surface area contributed by atoms with Crippen LogP contribution in [0.3, 0.4) is 0 Å². The Hall–Kier alpha value is -1.96. The number of aromatic nitrogens is 2. The first-order chi connectivity index (χ1) is 9.06. The number of piperidine rings is 1. The maximum absolute atomic E-state index is 11.9. The van der Waals surface area contributed by atoms with Gasteiger partial charge in [0.2, 0.25) is 5.91 Å². The Kier molecular flexibility index (Phi) is 4.10. The summed E-state index contributed by atoms with van der Waals surface area (Å²) in [6.45, 7) is 1.34. The lowest BCUT2D eigenvalue weighted by Crippen LogP contribution is -2.42. The summed E-state index contributed by atoms with van der Waals surface area (Å²) in [7, 11) is 0. The van der Waals surface area contributed by atoms with Gasteiger partial charge < -0.3 is 10.0 Å². The Labute approximate surface area is 109 Å². The summed E-state index contributed by atoms with van der Waals surface area (Å²) in [5.74, 6) is -0.0584. The molecule has 0 aliphatic carbocycles. The molecule has 0 bridgehead atoms. The molecule has 8 heteroatoms. The molecule has 1 atom stereocenters. The van der Waals surface area contributed by atoms with Gasteiger partial charge in [0, 0.05) is 26.1 Å². The number of hydrogen-bond acceptors (Lipinski definition) is 5. The van der Waals surface area contributed by atoms with Gasteiger partial charge in [-0.2, -0.15) is 5.10 Å². The summed E-state index contributed by atoms with van der Waals surface area (Å²) >= 11 is 0. The zero-order valence-corrected chi connectivity index (χ0v) is 10.4. The Morgan fingerprint density at radius 3 is 3.05 bits per heavy atom. The first-order valence-corrected chi connectivity index (χ1v) is 6.19. The average molecular weight is 268 g/mol. The van der Waals surface area contributed by atoms with E-state index in [0.29, 0.717) is 19.6 Å². The van der Waals surface area contributed by atoms with Crippen LogP contribution in [-0.4, -0.2) is 49.8 Å². The molecule has 1 aromatic heterocycles. The molecule has 1 aliphatic rings. The predicted molar refractivity (Wildman–Crippen MR) is 65.3 cm³/mol. The Bertz CT molecular complexity index is 473. The number of likely N-dealkylation sites (tertiary alicyclic amines) is 1. The number of β-amino-alcohol motifs (C(OH)–C–C–N with tert-alkyl or cyclic N) is 1. The van der Waals surface area contributed by atoms with Gasteiger partial charge in [0.1, 0.15) is 12.4 Å². The minimum atomic E-state index is -0.522. The monoisotopic (exact) mass is 268 g/mol. The Morgan fingerprint density at radius 1 is 1.63 bits per heavy atom. The van der Waals surface area contributed by atoms with E-state index >= 15 is 0 Å². The van der Waals surface area contributed by atoms with Crippen LogP contribution in [0.25, 0.3) is 0 Å². The number of hydrogen-bond donors (Lipinski definition) is 1. The van der Waals surface area contributed by atoms with E-state index in [-0.39, 0.29) is 18.0 Å². The van der Waals surface area contributed by atoms with Gasteiger partial charge >= 0.3 is 5.69 Å². The average Bonchev–Trinajstić information content (AvgIpc) is 2.85.